The van der Waals surface area contributed by atoms with E-state index in [-0.39, 0.29) is 0 Å². The highest BCUT2D eigenvalue weighted by Crippen LogP contribution is 2.20. The van der Waals surface area contributed by atoms with E-state index in [1.54, 1.807) is 0 Å². The molecular formula is C9H12N2. The SMILES string of the molecule is CCc1cnc2c(c1)NCC2. The molecule has 2 nitrogen and oxygen atoms in total. The molecule has 0 aromatic carbocycles. The Kier molecular flexibility index (Phi) is 1.53. The molecule has 1 N–H and O–H groups in total. The molecule has 58 valence electrons. The molecule has 0 spiro atoms. The molecule has 0 aliphatic carbocycles. The normalized spacial score (nSPS) is 14.3. The number of anilines is 1. The number of pyridine rings is 1. The maximum atomic E-state index is 4.37. The number of fused-ring (bicyclic) bond motifs is 1. The van der Waals surface area contributed by atoms with Crippen LogP contribution in [-0.4, -0.2) is 11.5 Å². The Morgan fingerprint density at radius 1 is 1.64 bits per heavy atom. The molecule has 11 heavy (non-hydrogen) atoms. The molecule has 0 saturated heterocycles. The molecule has 2 heterocycles. The number of aryl methyl sites for hydroxylation is 1. The fraction of sp³-hybridized carbons (Fsp3) is 0.444. The summed E-state index contributed by atoms with van der Waals surface area (Å²) in [6, 6.07) is 2.20. The lowest BCUT2D eigenvalue weighted by Crippen LogP contribution is -1.91. The van der Waals surface area contributed by atoms with Crippen LogP contribution in [0.3, 0.4) is 0 Å². The molecule has 0 amide bonds. The molecule has 1 aliphatic heterocycles. The fourth-order valence-electron chi connectivity index (χ4n) is 1.40. The summed E-state index contributed by atoms with van der Waals surface area (Å²) in [5.41, 5.74) is 3.78. The largest absolute Gasteiger partial charge is 0.383 e. The van der Waals surface area contributed by atoms with Crippen molar-refractivity contribution >= 4 is 5.69 Å². The van der Waals surface area contributed by atoms with Crippen molar-refractivity contribution in [3.05, 3.63) is 23.5 Å². The third kappa shape index (κ3) is 1.09. The molecule has 0 radical (unpaired) electrons. The predicted molar refractivity (Wildman–Crippen MR) is 45.8 cm³/mol. The molecule has 0 atom stereocenters. The van der Waals surface area contributed by atoms with E-state index in [0.29, 0.717) is 0 Å². The number of rotatable bonds is 1. The maximum absolute atomic E-state index is 4.37. The van der Waals surface area contributed by atoms with E-state index in [2.05, 4.69) is 23.3 Å². The first-order chi connectivity index (χ1) is 5.40. The van der Waals surface area contributed by atoms with Crippen molar-refractivity contribution < 1.29 is 0 Å². The number of hydrogen-bond donors (Lipinski definition) is 1. The van der Waals surface area contributed by atoms with Gasteiger partial charge in [-0.15, -0.1) is 0 Å². The van der Waals surface area contributed by atoms with Crippen molar-refractivity contribution in [1.29, 1.82) is 0 Å². The average Bonchev–Trinajstić information content (AvgIpc) is 2.50. The topological polar surface area (TPSA) is 24.9 Å². The van der Waals surface area contributed by atoms with Gasteiger partial charge in [-0.3, -0.25) is 4.98 Å². The highest BCUT2D eigenvalue weighted by molar-refractivity contribution is 5.53. The number of aromatic nitrogens is 1. The van der Waals surface area contributed by atoms with Crippen molar-refractivity contribution in [2.24, 2.45) is 0 Å². The van der Waals surface area contributed by atoms with Crippen LogP contribution in [0.15, 0.2) is 12.3 Å². The minimum atomic E-state index is 1.05. The Labute approximate surface area is 66.7 Å². The van der Waals surface area contributed by atoms with Gasteiger partial charge in [0.2, 0.25) is 0 Å². The zero-order valence-electron chi connectivity index (χ0n) is 6.72. The van der Waals surface area contributed by atoms with Crippen LogP contribution in [0.4, 0.5) is 5.69 Å². The predicted octanol–water partition coefficient (Wildman–Crippen LogP) is 1.61. The second kappa shape index (κ2) is 2.53. The van der Waals surface area contributed by atoms with Gasteiger partial charge in [0, 0.05) is 19.2 Å². The van der Waals surface area contributed by atoms with E-state index in [9.17, 15) is 0 Å². The first kappa shape index (κ1) is 6.65. The molecule has 2 rings (SSSR count). The van der Waals surface area contributed by atoms with Gasteiger partial charge in [0.05, 0.1) is 11.4 Å². The van der Waals surface area contributed by atoms with Gasteiger partial charge >= 0.3 is 0 Å². The Hall–Kier alpha value is -1.05. The van der Waals surface area contributed by atoms with Gasteiger partial charge in [-0.25, -0.2) is 0 Å². The monoisotopic (exact) mass is 148 g/mol. The van der Waals surface area contributed by atoms with E-state index < -0.39 is 0 Å². The van der Waals surface area contributed by atoms with Crippen molar-refractivity contribution in [1.82, 2.24) is 4.98 Å². The zero-order valence-corrected chi connectivity index (χ0v) is 6.72. The van der Waals surface area contributed by atoms with Gasteiger partial charge in [-0.1, -0.05) is 6.92 Å². The second-order valence-corrected chi connectivity index (χ2v) is 2.87. The third-order valence-electron chi connectivity index (χ3n) is 2.11. The van der Waals surface area contributed by atoms with Crippen LogP contribution in [-0.2, 0) is 12.8 Å². The van der Waals surface area contributed by atoms with Gasteiger partial charge in [0.1, 0.15) is 0 Å². The first-order valence-corrected chi connectivity index (χ1v) is 4.12. The molecule has 0 unspecified atom stereocenters. The summed E-state index contributed by atoms with van der Waals surface area (Å²) < 4.78 is 0. The third-order valence-corrected chi connectivity index (χ3v) is 2.11. The van der Waals surface area contributed by atoms with Gasteiger partial charge in [0.25, 0.3) is 0 Å². The van der Waals surface area contributed by atoms with Crippen molar-refractivity contribution in [2.75, 3.05) is 11.9 Å². The number of hydrogen-bond acceptors (Lipinski definition) is 2. The molecule has 1 aromatic heterocycles. The van der Waals surface area contributed by atoms with Crippen molar-refractivity contribution in [3.8, 4) is 0 Å². The minimum absolute atomic E-state index is 1.05. The zero-order chi connectivity index (χ0) is 7.68. The van der Waals surface area contributed by atoms with Crippen LogP contribution in [0.5, 0.6) is 0 Å². The van der Waals surface area contributed by atoms with E-state index >= 15 is 0 Å². The van der Waals surface area contributed by atoms with Gasteiger partial charge in [-0.2, -0.15) is 0 Å². The Morgan fingerprint density at radius 2 is 2.55 bits per heavy atom. The van der Waals surface area contributed by atoms with Gasteiger partial charge < -0.3 is 5.32 Å². The fourth-order valence-corrected chi connectivity index (χ4v) is 1.40. The summed E-state index contributed by atoms with van der Waals surface area (Å²) in [7, 11) is 0. The standard InChI is InChI=1S/C9H12N2/c1-2-7-5-9-8(11-6-7)3-4-10-9/h5-6,10H,2-4H2,1H3. The lowest BCUT2D eigenvalue weighted by atomic mass is 10.2. The van der Waals surface area contributed by atoms with Crippen LogP contribution in [0.1, 0.15) is 18.2 Å². The lowest BCUT2D eigenvalue weighted by Gasteiger charge is -2.00. The average molecular weight is 148 g/mol. The van der Waals surface area contributed by atoms with Crippen LogP contribution in [0.2, 0.25) is 0 Å². The summed E-state index contributed by atoms with van der Waals surface area (Å²) in [4.78, 5) is 4.37. The first-order valence-electron chi connectivity index (χ1n) is 4.12. The highest BCUT2D eigenvalue weighted by atomic mass is 14.9. The van der Waals surface area contributed by atoms with E-state index in [1.165, 1.54) is 16.9 Å². The van der Waals surface area contributed by atoms with E-state index in [0.717, 1.165) is 19.4 Å². The summed E-state index contributed by atoms with van der Waals surface area (Å²) in [6.07, 6.45) is 4.13. The van der Waals surface area contributed by atoms with E-state index in [1.807, 2.05) is 6.20 Å². The highest BCUT2D eigenvalue weighted by Gasteiger charge is 2.10. The van der Waals surface area contributed by atoms with Crippen molar-refractivity contribution in [3.63, 3.8) is 0 Å². The van der Waals surface area contributed by atoms with Gasteiger partial charge in [-0.05, 0) is 18.1 Å². The Bertz CT molecular complexity index is 268. The second-order valence-electron chi connectivity index (χ2n) is 2.87. The van der Waals surface area contributed by atoms with Gasteiger partial charge in [0.15, 0.2) is 0 Å². The molecule has 2 heteroatoms. The van der Waals surface area contributed by atoms with Crippen LogP contribution >= 0.6 is 0 Å². The number of nitrogens with one attached hydrogen (secondary N) is 1. The maximum Gasteiger partial charge on any atom is 0.0652 e. The summed E-state index contributed by atoms with van der Waals surface area (Å²) >= 11 is 0. The smallest absolute Gasteiger partial charge is 0.0652 e. The molecule has 1 aliphatic rings. The lowest BCUT2D eigenvalue weighted by molar-refractivity contribution is 1.03. The number of nitrogens with zero attached hydrogens (tertiary/aromatic N) is 1. The molecule has 0 bridgehead atoms. The quantitative estimate of drug-likeness (QED) is 0.654. The molecule has 0 saturated carbocycles. The van der Waals surface area contributed by atoms with Crippen LogP contribution in [0, 0.1) is 0 Å². The summed E-state index contributed by atoms with van der Waals surface area (Å²) in [6.45, 7) is 3.20. The van der Waals surface area contributed by atoms with Crippen LogP contribution in [0.25, 0.3) is 0 Å². The van der Waals surface area contributed by atoms with Crippen LogP contribution < -0.4 is 5.32 Å². The Balaban J connectivity index is 2.41. The summed E-state index contributed by atoms with van der Waals surface area (Å²) in [5, 5.41) is 3.31. The molecular weight excluding hydrogens is 136 g/mol. The molecule has 1 aromatic rings. The van der Waals surface area contributed by atoms with Crippen molar-refractivity contribution in [2.45, 2.75) is 19.8 Å². The van der Waals surface area contributed by atoms with E-state index in [4.69, 9.17) is 0 Å². The minimum Gasteiger partial charge on any atom is -0.383 e. The Morgan fingerprint density at radius 3 is 3.36 bits per heavy atom. The molecule has 0 fully saturated rings. The summed E-state index contributed by atoms with van der Waals surface area (Å²) in [5.74, 6) is 0.